The topological polar surface area (TPSA) is 93.2 Å². The first kappa shape index (κ1) is 21.4. The minimum atomic E-state index is -0.490. The van der Waals surface area contributed by atoms with Crippen molar-refractivity contribution >= 4 is 35.0 Å². The second-order valence-corrected chi connectivity index (χ2v) is 7.33. The van der Waals surface area contributed by atoms with Crippen LogP contribution in [-0.4, -0.2) is 28.5 Å². The molecule has 0 saturated carbocycles. The highest BCUT2D eigenvalue weighted by Gasteiger charge is 2.12. The van der Waals surface area contributed by atoms with Crippen LogP contribution in [0.25, 0.3) is 10.9 Å². The second kappa shape index (κ2) is 9.49. The van der Waals surface area contributed by atoms with Crippen LogP contribution < -0.4 is 10.9 Å². The van der Waals surface area contributed by atoms with Crippen molar-refractivity contribution in [3.05, 3.63) is 74.8 Å². The Kier molecular flexibility index (Phi) is 6.79. The maximum atomic E-state index is 12.8. The number of carbonyl (C=O) groups excluding carboxylic acids is 2. The Hall–Kier alpha value is -3.26. The molecule has 8 heteroatoms. The number of rotatable bonds is 7. The molecule has 0 saturated heterocycles. The number of H-pyrrole nitrogens is 1. The number of nitrogens with zero attached hydrogens (tertiary/aromatic N) is 1. The van der Waals surface area contributed by atoms with Gasteiger partial charge in [-0.25, -0.2) is 4.79 Å². The molecule has 0 fully saturated rings. The van der Waals surface area contributed by atoms with Crippen LogP contribution in [0.1, 0.15) is 41.7 Å². The molecule has 2 N–H and O–H groups in total. The molecule has 0 aliphatic rings. The molecule has 7 nitrogen and oxygen atoms in total. The number of aromatic amines is 1. The van der Waals surface area contributed by atoms with E-state index < -0.39 is 5.97 Å². The standard InChI is InChI=1S/C22H23N3O4S/c1-14(15-7-4-3-5-8-15)23-19(26)9-6-12-25-20(27)17-11-10-16(21(28)29-2)13-18(17)24-22(25)30/h3-5,7-8,10-11,13-14H,6,9,12H2,1-2H3,(H,23,26)(H,24,30)/t14-/m0/s1. The molecule has 1 aromatic heterocycles. The van der Waals surface area contributed by atoms with Crippen molar-refractivity contribution in [1.29, 1.82) is 0 Å². The van der Waals surface area contributed by atoms with Gasteiger partial charge in [0.05, 0.1) is 29.6 Å². The Morgan fingerprint density at radius 2 is 1.93 bits per heavy atom. The number of ether oxygens (including phenoxy) is 1. The highest BCUT2D eigenvalue weighted by atomic mass is 32.1. The van der Waals surface area contributed by atoms with Gasteiger partial charge in [-0.1, -0.05) is 30.3 Å². The third-order valence-electron chi connectivity index (χ3n) is 4.87. The number of hydrogen-bond acceptors (Lipinski definition) is 5. The predicted molar refractivity (Wildman–Crippen MR) is 117 cm³/mol. The van der Waals surface area contributed by atoms with E-state index in [-0.39, 0.29) is 28.7 Å². The van der Waals surface area contributed by atoms with Gasteiger partial charge in [0.1, 0.15) is 0 Å². The van der Waals surface area contributed by atoms with Gasteiger partial charge in [0.2, 0.25) is 5.91 Å². The average molecular weight is 426 g/mol. The van der Waals surface area contributed by atoms with E-state index in [1.807, 2.05) is 37.3 Å². The van der Waals surface area contributed by atoms with Crippen LogP contribution in [0, 0.1) is 4.77 Å². The molecule has 0 bridgehead atoms. The molecular weight excluding hydrogens is 402 g/mol. The minimum absolute atomic E-state index is 0.0854. The molecule has 2 aromatic carbocycles. The summed E-state index contributed by atoms with van der Waals surface area (Å²) in [5.41, 5.74) is 1.57. The summed E-state index contributed by atoms with van der Waals surface area (Å²) in [6.45, 7) is 2.25. The number of carbonyl (C=O) groups is 2. The summed E-state index contributed by atoms with van der Waals surface area (Å²) in [4.78, 5) is 39.7. The monoisotopic (exact) mass is 425 g/mol. The summed E-state index contributed by atoms with van der Waals surface area (Å²) < 4.78 is 6.38. The fourth-order valence-electron chi connectivity index (χ4n) is 3.24. The Bertz CT molecular complexity index is 1180. The molecule has 156 valence electrons. The van der Waals surface area contributed by atoms with Gasteiger partial charge in [-0.3, -0.25) is 14.2 Å². The summed E-state index contributed by atoms with van der Waals surface area (Å²) in [5, 5.41) is 3.37. The van der Waals surface area contributed by atoms with Gasteiger partial charge in [0.25, 0.3) is 5.56 Å². The molecule has 0 unspecified atom stereocenters. The van der Waals surface area contributed by atoms with E-state index in [2.05, 4.69) is 10.3 Å². The highest BCUT2D eigenvalue weighted by Crippen LogP contribution is 2.13. The van der Waals surface area contributed by atoms with Gasteiger partial charge in [-0.15, -0.1) is 0 Å². The van der Waals surface area contributed by atoms with Gasteiger partial charge in [-0.2, -0.15) is 0 Å². The Morgan fingerprint density at radius 1 is 1.20 bits per heavy atom. The van der Waals surface area contributed by atoms with Gasteiger partial charge in [-0.05, 0) is 49.3 Å². The third-order valence-corrected chi connectivity index (χ3v) is 5.19. The number of amides is 1. The van der Waals surface area contributed by atoms with E-state index in [4.69, 9.17) is 17.0 Å². The van der Waals surface area contributed by atoms with Crippen LogP contribution in [0.3, 0.4) is 0 Å². The SMILES string of the molecule is COC(=O)c1ccc2c(=O)n(CCCC(=O)N[C@@H](C)c3ccccc3)c(=S)[nH]c2c1. The quantitative estimate of drug-likeness (QED) is 0.446. The van der Waals surface area contributed by atoms with E-state index in [1.54, 1.807) is 12.1 Å². The lowest BCUT2D eigenvalue weighted by Gasteiger charge is -2.14. The molecule has 30 heavy (non-hydrogen) atoms. The zero-order valence-electron chi connectivity index (χ0n) is 16.8. The van der Waals surface area contributed by atoms with Gasteiger partial charge in [0, 0.05) is 13.0 Å². The minimum Gasteiger partial charge on any atom is -0.465 e. The molecule has 0 aliphatic heterocycles. The number of fused-ring (bicyclic) bond motifs is 1. The fourth-order valence-corrected chi connectivity index (χ4v) is 3.52. The van der Waals surface area contributed by atoms with Crippen molar-refractivity contribution in [2.75, 3.05) is 7.11 Å². The van der Waals surface area contributed by atoms with Crippen LogP contribution in [0.15, 0.2) is 53.3 Å². The zero-order chi connectivity index (χ0) is 21.7. The summed E-state index contributed by atoms with van der Waals surface area (Å²) in [6.07, 6.45) is 0.744. The smallest absolute Gasteiger partial charge is 0.337 e. The molecule has 0 aliphatic carbocycles. The van der Waals surface area contributed by atoms with Gasteiger partial charge in [0.15, 0.2) is 4.77 Å². The largest absolute Gasteiger partial charge is 0.465 e. The molecule has 0 spiro atoms. The van der Waals surface area contributed by atoms with Crippen molar-refractivity contribution in [1.82, 2.24) is 14.9 Å². The van der Waals surface area contributed by atoms with E-state index in [0.717, 1.165) is 5.56 Å². The number of aromatic nitrogens is 2. The maximum absolute atomic E-state index is 12.8. The van der Waals surface area contributed by atoms with Crippen molar-refractivity contribution in [2.24, 2.45) is 0 Å². The Balaban J connectivity index is 1.67. The Morgan fingerprint density at radius 3 is 2.63 bits per heavy atom. The average Bonchev–Trinajstić information content (AvgIpc) is 2.75. The van der Waals surface area contributed by atoms with Crippen molar-refractivity contribution in [3.8, 4) is 0 Å². The lowest BCUT2D eigenvalue weighted by Crippen LogP contribution is -2.27. The van der Waals surface area contributed by atoms with Crippen LogP contribution in [0.2, 0.25) is 0 Å². The molecule has 3 aromatic rings. The van der Waals surface area contributed by atoms with Crippen molar-refractivity contribution < 1.29 is 14.3 Å². The Labute approximate surface area is 178 Å². The number of benzene rings is 2. The van der Waals surface area contributed by atoms with E-state index >= 15 is 0 Å². The third kappa shape index (κ3) is 4.83. The van der Waals surface area contributed by atoms with Crippen molar-refractivity contribution in [3.63, 3.8) is 0 Å². The van der Waals surface area contributed by atoms with E-state index in [9.17, 15) is 14.4 Å². The summed E-state index contributed by atoms with van der Waals surface area (Å²) in [7, 11) is 1.30. The number of nitrogens with one attached hydrogen (secondary N) is 2. The predicted octanol–water partition coefficient (Wildman–Crippen LogP) is 3.50. The summed E-state index contributed by atoms with van der Waals surface area (Å²) in [6, 6.07) is 14.3. The number of esters is 1. The number of methoxy groups -OCH3 is 1. The first-order valence-electron chi connectivity index (χ1n) is 9.60. The summed E-state index contributed by atoms with van der Waals surface area (Å²) >= 11 is 5.31. The van der Waals surface area contributed by atoms with Gasteiger partial charge < -0.3 is 15.0 Å². The van der Waals surface area contributed by atoms with Crippen LogP contribution in [0.4, 0.5) is 0 Å². The number of hydrogen-bond donors (Lipinski definition) is 2. The molecule has 0 radical (unpaired) electrons. The molecule has 1 amide bonds. The van der Waals surface area contributed by atoms with Crippen LogP contribution in [0.5, 0.6) is 0 Å². The van der Waals surface area contributed by atoms with E-state index in [0.29, 0.717) is 29.4 Å². The maximum Gasteiger partial charge on any atom is 0.337 e. The van der Waals surface area contributed by atoms with Crippen molar-refractivity contribution in [2.45, 2.75) is 32.4 Å². The lowest BCUT2D eigenvalue weighted by molar-refractivity contribution is -0.121. The lowest BCUT2D eigenvalue weighted by atomic mass is 10.1. The van der Waals surface area contributed by atoms with Crippen LogP contribution >= 0.6 is 12.2 Å². The van der Waals surface area contributed by atoms with Crippen LogP contribution in [-0.2, 0) is 16.1 Å². The normalized spacial score (nSPS) is 11.8. The highest BCUT2D eigenvalue weighted by molar-refractivity contribution is 7.71. The first-order chi connectivity index (χ1) is 14.4. The second-order valence-electron chi connectivity index (χ2n) is 6.94. The zero-order valence-corrected chi connectivity index (χ0v) is 17.6. The molecule has 3 rings (SSSR count). The fraction of sp³-hybridized carbons (Fsp3) is 0.273. The summed E-state index contributed by atoms with van der Waals surface area (Å²) in [5.74, 6) is -0.575. The molecular formula is C22H23N3O4S. The molecule has 1 heterocycles. The van der Waals surface area contributed by atoms with Gasteiger partial charge >= 0.3 is 5.97 Å². The molecule has 1 atom stereocenters. The first-order valence-corrected chi connectivity index (χ1v) is 10.0. The van der Waals surface area contributed by atoms with E-state index in [1.165, 1.54) is 17.7 Å².